The van der Waals surface area contributed by atoms with Crippen molar-refractivity contribution in [3.8, 4) is 0 Å². The van der Waals surface area contributed by atoms with Crippen LogP contribution in [0.3, 0.4) is 0 Å². The van der Waals surface area contributed by atoms with Crippen molar-refractivity contribution in [1.29, 1.82) is 0 Å². The predicted molar refractivity (Wildman–Crippen MR) is 128 cm³/mol. The Bertz CT molecular complexity index is 1350. The van der Waals surface area contributed by atoms with Crippen LogP contribution in [-0.2, 0) is 9.47 Å². The van der Waals surface area contributed by atoms with Gasteiger partial charge in [-0.1, -0.05) is 0 Å². The third-order valence-electron chi connectivity index (χ3n) is 6.43. The van der Waals surface area contributed by atoms with E-state index in [1.165, 1.54) is 56.0 Å². The maximum Gasteiger partial charge on any atom is 0.166 e. The van der Waals surface area contributed by atoms with Crippen LogP contribution < -0.4 is 0 Å². The summed E-state index contributed by atoms with van der Waals surface area (Å²) in [6.45, 7) is -0.905. The van der Waals surface area contributed by atoms with E-state index < -0.39 is 62.3 Å². The molecule has 6 N–H and O–H groups in total. The number of aliphatic hydroxyl groups excluding tert-OH is 6. The highest BCUT2D eigenvalue weighted by Gasteiger charge is 2.45. The van der Waals surface area contributed by atoms with Gasteiger partial charge in [-0.15, -0.1) is 0 Å². The lowest BCUT2D eigenvalue weighted by Crippen LogP contribution is -2.33. The second-order valence-corrected chi connectivity index (χ2v) is 10.7. The highest BCUT2D eigenvalue weighted by molar-refractivity contribution is 8.76. The van der Waals surface area contributed by atoms with Crippen molar-refractivity contribution in [3.05, 3.63) is 25.3 Å². The Labute approximate surface area is 220 Å². The topological polar surface area (TPSA) is 227 Å². The van der Waals surface area contributed by atoms with E-state index in [0.717, 1.165) is 0 Å². The first kappa shape index (κ1) is 25.7. The van der Waals surface area contributed by atoms with E-state index in [2.05, 4.69) is 29.9 Å². The van der Waals surface area contributed by atoms with Gasteiger partial charge in [0.25, 0.3) is 0 Å². The minimum atomic E-state index is -1.29. The largest absolute Gasteiger partial charge is 0.394 e. The summed E-state index contributed by atoms with van der Waals surface area (Å²) >= 11 is 0. The van der Waals surface area contributed by atoms with Crippen LogP contribution in [0.2, 0.25) is 0 Å². The zero-order valence-electron chi connectivity index (χ0n) is 19.2. The van der Waals surface area contributed by atoms with Crippen molar-refractivity contribution in [1.82, 2.24) is 39.0 Å². The van der Waals surface area contributed by atoms with Crippen LogP contribution in [0.25, 0.3) is 22.3 Å². The number of rotatable bonds is 7. The van der Waals surface area contributed by atoms with Crippen molar-refractivity contribution in [3.63, 3.8) is 0 Å². The van der Waals surface area contributed by atoms with Crippen molar-refractivity contribution in [2.45, 2.75) is 59.1 Å². The van der Waals surface area contributed by atoms with Gasteiger partial charge in [-0.25, -0.2) is 29.9 Å². The Balaban J connectivity index is 1.25. The molecule has 0 aliphatic carbocycles. The fraction of sp³-hybridized carbons (Fsp3) is 0.500. The lowest BCUT2D eigenvalue weighted by Gasteiger charge is -2.16. The SMILES string of the molecule is OC[C@@H]1O[C@H](n2cnc3c(SSc4ncnc5c4ncn5[C@@H]4O[C@H](CO)[C@@H](O)[C@H]4O)ncnc32)[C@@H](O)[C@H]1O. The van der Waals surface area contributed by atoms with Crippen LogP contribution in [0.1, 0.15) is 12.5 Å². The summed E-state index contributed by atoms with van der Waals surface area (Å²) < 4.78 is 14.1. The van der Waals surface area contributed by atoms with E-state index in [9.17, 15) is 30.6 Å². The molecule has 0 bridgehead atoms. The first-order valence-electron chi connectivity index (χ1n) is 11.4. The molecule has 2 saturated heterocycles. The average molecular weight is 567 g/mol. The number of imidazole rings is 2. The normalized spacial score (nSPS) is 31.6. The van der Waals surface area contributed by atoms with Gasteiger partial charge in [-0.2, -0.15) is 0 Å². The molecule has 6 heterocycles. The predicted octanol–water partition coefficient (Wildman–Crippen LogP) is -2.01. The monoisotopic (exact) mass is 566 g/mol. The summed E-state index contributed by atoms with van der Waals surface area (Å²) in [4.78, 5) is 25.8. The molecule has 2 fully saturated rings. The third-order valence-corrected chi connectivity index (χ3v) is 8.63. The number of aliphatic hydroxyl groups is 6. The highest BCUT2D eigenvalue weighted by Crippen LogP contribution is 2.41. The molecule has 2 aliphatic heterocycles. The third kappa shape index (κ3) is 4.13. The van der Waals surface area contributed by atoms with Gasteiger partial charge in [0, 0.05) is 0 Å². The highest BCUT2D eigenvalue weighted by atomic mass is 33.1. The summed E-state index contributed by atoms with van der Waals surface area (Å²) in [5.74, 6) is 0. The van der Waals surface area contributed by atoms with Crippen LogP contribution in [0, 0.1) is 0 Å². The van der Waals surface area contributed by atoms with Crippen molar-refractivity contribution < 1.29 is 40.1 Å². The van der Waals surface area contributed by atoms with Gasteiger partial charge in [0.1, 0.15) is 70.4 Å². The molecule has 0 saturated carbocycles. The van der Waals surface area contributed by atoms with Crippen LogP contribution in [0.4, 0.5) is 0 Å². The quantitative estimate of drug-likeness (QED) is 0.105. The van der Waals surface area contributed by atoms with Gasteiger partial charge in [-0.05, 0) is 21.6 Å². The standard InChI is InChI=1S/C20H22N8O8S2/c29-1-7-11(31)13(33)19(35-7)27-5-25-9-15(27)21-3-23-17(9)37-38-18-10-16(22-4-24-18)28(6-26-10)20-14(34)12(32)8(2-30)36-20/h3-8,11-14,19-20,29-34H,1-2H2/t7-,8+,11-,12+,13-,14+,19-,20+. The molecule has 16 nitrogen and oxygen atoms in total. The number of hydrogen-bond donors (Lipinski definition) is 6. The molecular formula is C20H22N8O8S2. The minimum Gasteiger partial charge on any atom is -0.394 e. The smallest absolute Gasteiger partial charge is 0.166 e. The van der Waals surface area contributed by atoms with Gasteiger partial charge in [0.15, 0.2) is 23.8 Å². The average Bonchev–Trinajstić information content (AvgIpc) is 3.69. The Hall–Kier alpha value is -2.52. The first-order valence-corrected chi connectivity index (χ1v) is 13.5. The molecule has 2 aliphatic rings. The molecule has 4 aromatic rings. The molecule has 0 aromatic carbocycles. The van der Waals surface area contributed by atoms with E-state index in [1.54, 1.807) is 0 Å². The van der Waals surface area contributed by atoms with Crippen molar-refractivity contribution in [2.24, 2.45) is 0 Å². The van der Waals surface area contributed by atoms with Crippen LogP contribution in [0.15, 0.2) is 35.4 Å². The maximum atomic E-state index is 10.4. The lowest BCUT2D eigenvalue weighted by atomic mass is 10.1. The zero-order valence-corrected chi connectivity index (χ0v) is 20.9. The molecule has 4 aromatic heterocycles. The first-order chi connectivity index (χ1) is 18.4. The summed E-state index contributed by atoms with van der Waals surface area (Å²) in [6, 6.07) is 0. The van der Waals surface area contributed by atoms with E-state index in [0.29, 0.717) is 32.4 Å². The molecule has 8 atom stereocenters. The van der Waals surface area contributed by atoms with E-state index >= 15 is 0 Å². The summed E-state index contributed by atoms with van der Waals surface area (Å²) in [6.07, 6.45) is -3.46. The van der Waals surface area contributed by atoms with Crippen LogP contribution in [-0.4, -0.2) is 120 Å². The lowest BCUT2D eigenvalue weighted by molar-refractivity contribution is -0.0511. The fourth-order valence-corrected chi connectivity index (χ4v) is 6.44. The van der Waals surface area contributed by atoms with Crippen molar-refractivity contribution in [2.75, 3.05) is 13.2 Å². The van der Waals surface area contributed by atoms with E-state index in [1.807, 2.05) is 0 Å². The fourth-order valence-electron chi connectivity index (χ4n) is 4.45. The number of aromatic nitrogens is 8. The number of nitrogens with zero attached hydrogens (tertiary/aromatic N) is 8. The van der Waals surface area contributed by atoms with Crippen molar-refractivity contribution >= 4 is 43.9 Å². The van der Waals surface area contributed by atoms with E-state index in [4.69, 9.17) is 9.47 Å². The minimum absolute atomic E-state index is 0.361. The summed E-state index contributed by atoms with van der Waals surface area (Å²) in [5, 5.41) is 60.7. The van der Waals surface area contributed by atoms with Gasteiger partial charge >= 0.3 is 0 Å². The van der Waals surface area contributed by atoms with E-state index in [-0.39, 0.29) is 0 Å². The van der Waals surface area contributed by atoms with Crippen LogP contribution >= 0.6 is 21.6 Å². The van der Waals surface area contributed by atoms with Gasteiger partial charge in [-0.3, -0.25) is 9.13 Å². The second kappa shape index (κ2) is 10.2. The molecule has 0 spiro atoms. The molecule has 18 heteroatoms. The summed E-state index contributed by atoms with van der Waals surface area (Å²) in [7, 11) is 2.46. The molecule has 202 valence electrons. The molecule has 38 heavy (non-hydrogen) atoms. The van der Waals surface area contributed by atoms with Crippen LogP contribution in [0.5, 0.6) is 0 Å². The Morgan fingerprint density at radius 1 is 0.632 bits per heavy atom. The number of hydrogen-bond acceptors (Lipinski definition) is 16. The Kier molecular flexibility index (Phi) is 6.93. The second-order valence-electron chi connectivity index (χ2n) is 8.63. The van der Waals surface area contributed by atoms with Gasteiger partial charge in [0.05, 0.1) is 25.9 Å². The molecule has 0 unspecified atom stereocenters. The summed E-state index contributed by atoms with van der Waals surface area (Å²) in [5.41, 5.74) is 1.56. The zero-order chi connectivity index (χ0) is 26.6. The number of ether oxygens (including phenoxy) is 2. The molecular weight excluding hydrogens is 544 g/mol. The Morgan fingerprint density at radius 3 is 1.42 bits per heavy atom. The number of fused-ring (bicyclic) bond motifs is 2. The van der Waals surface area contributed by atoms with Gasteiger partial charge in [0.2, 0.25) is 0 Å². The molecule has 6 rings (SSSR count). The molecule has 0 amide bonds. The maximum absolute atomic E-state index is 10.4. The molecule has 0 radical (unpaired) electrons. The Morgan fingerprint density at radius 2 is 1.05 bits per heavy atom. The van der Waals surface area contributed by atoms with Gasteiger partial charge < -0.3 is 40.1 Å².